The number of fused-ring (bicyclic) bond motifs is 1. The summed E-state index contributed by atoms with van der Waals surface area (Å²) in [6, 6.07) is 15.4. The van der Waals surface area contributed by atoms with E-state index in [2.05, 4.69) is 25.2 Å². The molecule has 0 unspecified atom stereocenters. The number of nitrogens with zero attached hydrogens (tertiary/aromatic N) is 4. The van der Waals surface area contributed by atoms with Gasteiger partial charge in [0.05, 0.1) is 16.9 Å². The van der Waals surface area contributed by atoms with Crippen molar-refractivity contribution in [3.63, 3.8) is 0 Å². The van der Waals surface area contributed by atoms with Crippen LogP contribution in [-0.2, 0) is 0 Å². The Hall–Kier alpha value is -3.58. The van der Waals surface area contributed by atoms with Gasteiger partial charge in [0.1, 0.15) is 18.0 Å². The second-order valence-corrected chi connectivity index (χ2v) is 7.81. The van der Waals surface area contributed by atoms with Gasteiger partial charge in [0.25, 0.3) is 0 Å². The fraction of sp³-hybridized carbons (Fsp3) is 0.208. The Morgan fingerprint density at radius 1 is 1.00 bits per heavy atom. The Morgan fingerprint density at radius 3 is 2.61 bits per heavy atom. The predicted octanol–water partition coefficient (Wildman–Crippen LogP) is 3.88. The third-order valence-electron chi connectivity index (χ3n) is 5.91. The lowest BCUT2D eigenvalue weighted by Gasteiger charge is -2.20. The number of anilines is 2. The molecule has 31 heavy (non-hydrogen) atoms. The van der Waals surface area contributed by atoms with Gasteiger partial charge in [-0.25, -0.2) is 19.3 Å². The number of nitrogens with one attached hydrogen (secondary N) is 1. The van der Waals surface area contributed by atoms with Crippen LogP contribution in [0.2, 0.25) is 0 Å². The summed E-state index contributed by atoms with van der Waals surface area (Å²) in [5.74, 6) is 0.223. The van der Waals surface area contributed by atoms with Crippen LogP contribution in [-0.4, -0.2) is 41.1 Å². The Bertz CT molecular complexity index is 1260. The van der Waals surface area contributed by atoms with Crippen molar-refractivity contribution in [3.8, 4) is 22.4 Å². The minimum Gasteiger partial charge on any atom is -0.384 e. The number of hydrogen-bond acceptors (Lipinski definition) is 6. The first-order chi connectivity index (χ1) is 15.1. The fourth-order valence-electron chi connectivity index (χ4n) is 4.22. The molecule has 5 rings (SSSR count). The first kappa shape index (κ1) is 19.4. The van der Waals surface area contributed by atoms with Crippen LogP contribution in [0.25, 0.3) is 33.3 Å². The molecule has 6 nitrogen and oxygen atoms in total. The normalized spacial score (nSPS) is 16.2. The van der Waals surface area contributed by atoms with E-state index in [4.69, 9.17) is 5.73 Å². The summed E-state index contributed by atoms with van der Waals surface area (Å²) in [6.07, 6.45) is 4.21. The molecule has 3 heterocycles. The largest absolute Gasteiger partial charge is 0.384 e. The summed E-state index contributed by atoms with van der Waals surface area (Å²) in [4.78, 5) is 15.0. The van der Waals surface area contributed by atoms with Crippen LogP contribution in [0, 0.1) is 5.82 Å². The first-order valence-electron chi connectivity index (χ1n) is 10.3. The van der Waals surface area contributed by atoms with Gasteiger partial charge in [-0.3, -0.25) is 0 Å². The molecule has 2 aromatic heterocycles. The number of nitrogens with two attached hydrogens (primary N) is 1. The average molecular weight is 414 g/mol. The second kappa shape index (κ2) is 7.92. The van der Waals surface area contributed by atoms with Crippen molar-refractivity contribution < 1.29 is 4.39 Å². The number of halogens is 1. The van der Waals surface area contributed by atoms with Crippen LogP contribution in [0.3, 0.4) is 0 Å². The van der Waals surface area contributed by atoms with E-state index in [1.807, 2.05) is 49.5 Å². The first-order valence-corrected chi connectivity index (χ1v) is 10.3. The van der Waals surface area contributed by atoms with Gasteiger partial charge < -0.3 is 16.0 Å². The molecule has 1 aliphatic rings. The quantitative estimate of drug-likeness (QED) is 0.528. The Balaban J connectivity index is 1.55. The van der Waals surface area contributed by atoms with Crippen LogP contribution in [0.4, 0.5) is 15.9 Å². The standard InChI is InChI=1S/C24H23FN6/c1-27-18-7-9-31(13-18)22-5-3-17(11-20(22)25)24-19-10-15(2-4-21(19)29-14-30-24)16-6-8-28-23(26)12-16/h2-6,8,10-12,14,18,27H,7,9,13H2,1H3,(H2,26,28)/t18-/m0/s1. The third-order valence-corrected chi connectivity index (χ3v) is 5.91. The summed E-state index contributed by atoms with van der Waals surface area (Å²) >= 11 is 0. The van der Waals surface area contributed by atoms with Gasteiger partial charge >= 0.3 is 0 Å². The van der Waals surface area contributed by atoms with E-state index in [-0.39, 0.29) is 5.82 Å². The monoisotopic (exact) mass is 414 g/mol. The molecule has 1 aliphatic heterocycles. The van der Waals surface area contributed by atoms with Crippen molar-refractivity contribution in [3.05, 3.63) is 66.9 Å². The molecule has 0 radical (unpaired) electrons. The van der Waals surface area contributed by atoms with Crippen molar-refractivity contribution in [1.82, 2.24) is 20.3 Å². The van der Waals surface area contributed by atoms with Gasteiger partial charge in [0.15, 0.2) is 0 Å². The van der Waals surface area contributed by atoms with Crippen LogP contribution < -0.4 is 16.0 Å². The van der Waals surface area contributed by atoms with E-state index in [1.54, 1.807) is 12.3 Å². The lowest BCUT2D eigenvalue weighted by Crippen LogP contribution is -2.29. The number of rotatable bonds is 4. The molecular weight excluding hydrogens is 391 g/mol. The smallest absolute Gasteiger partial charge is 0.147 e. The molecule has 0 saturated carbocycles. The number of hydrogen-bond donors (Lipinski definition) is 2. The van der Waals surface area contributed by atoms with E-state index in [0.717, 1.165) is 47.1 Å². The minimum absolute atomic E-state index is 0.237. The maximum absolute atomic E-state index is 15.1. The molecule has 0 spiro atoms. The molecule has 1 fully saturated rings. The molecule has 0 amide bonds. The Kier molecular flexibility index (Phi) is 4.95. The number of nitrogen functional groups attached to an aromatic ring is 1. The SMILES string of the molecule is CN[C@H]1CCN(c2ccc(-c3ncnc4ccc(-c5ccnc(N)c5)cc34)cc2F)C1. The number of pyridine rings is 1. The van der Waals surface area contributed by atoms with E-state index in [1.165, 1.54) is 6.33 Å². The summed E-state index contributed by atoms with van der Waals surface area (Å²) < 4.78 is 15.1. The minimum atomic E-state index is -0.237. The molecule has 2 aromatic carbocycles. The van der Waals surface area contributed by atoms with Crippen LogP contribution in [0.5, 0.6) is 0 Å². The van der Waals surface area contributed by atoms with Crippen molar-refractivity contribution in [1.29, 1.82) is 0 Å². The van der Waals surface area contributed by atoms with Crippen LogP contribution in [0.15, 0.2) is 61.1 Å². The van der Waals surface area contributed by atoms with E-state index in [0.29, 0.717) is 23.2 Å². The Labute approximate surface area is 180 Å². The van der Waals surface area contributed by atoms with Gasteiger partial charge in [-0.2, -0.15) is 0 Å². The zero-order chi connectivity index (χ0) is 21.4. The molecule has 3 N–H and O–H groups in total. The zero-order valence-electron chi connectivity index (χ0n) is 17.2. The lowest BCUT2D eigenvalue weighted by molar-refractivity contribution is 0.609. The summed E-state index contributed by atoms with van der Waals surface area (Å²) in [6.45, 7) is 1.65. The lowest BCUT2D eigenvalue weighted by atomic mass is 10.0. The summed E-state index contributed by atoms with van der Waals surface area (Å²) in [7, 11) is 1.95. The zero-order valence-corrected chi connectivity index (χ0v) is 17.2. The van der Waals surface area contributed by atoms with E-state index >= 15 is 4.39 Å². The molecule has 0 bridgehead atoms. The fourth-order valence-corrected chi connectivity index (χ4v) is 4.22. The summed E-state index contributed by atoms with van der Waals surface area (Å²) in [5.41, 5.74) is 10.6. The van der Waals surface area contributed by atoms with E-state index < -0.39 is 0 Å². The predicted molar refractivity (Wildman–Crippen MR) is 122 cm³/mol. The second-order valence-electron chi connectivity index (χ2n) is 7.81. The third kappa shape index (κ3) is 3.68. The maximum atomic E-state index is 15.1. The maximum Gasteiger partial charge on any atom is 0.147 e. The van der Waals surface area contributed by atoms with Gasteiger partial charge in [-0.05, 0) is 61.0 Å². The van der Waals surface area contributed by atoms with Crippen LogP contribution in [0.1, 0.15) is 6.42 Å². The molecule has 1 atom stereocenters. The number of likely N-dealkylation sites (N-methyl/N-ethyl adjacent to an activating group) is 1. The van der Waals surface area contributed by atoms with Crippen molar-refractivity contribution in [2.24, 2.45) is 0 Å². The molecule has 4 aromatic rings. The highest BCUT2D eigenvalue weighted by Crippen LogP contribution is 2.33. The molecule has 1 saturated heterocycles. The molecule has 0 aliphatic carbocycles. The van der Waals surface area contributed by atoms with Crippen molar-refractivity contribution in [2.45, 2.75) is 12.5 Å². The molecule has 7 heteroatoms. The van der Waals surface area contributed by atoms with E-state index in [9.17, 15) is 0 Å². The van der Waals surface area contributed by atoms with Gasteiger partial charge in [-0.15, -0.1) is 0 Å². The molecular formula is C24H23FN6. The highest BCUT2D eigenvalue weighted by molar-refractivity contribution is 5.95. The highest BCUT2D eigenvalue weighted by Gasteiger charge is 2.23. The Morgan fingerprint density at radius 2 is 1.84 bits per heavy atom. The molecule has 156 valence electrons. The average Bonchev–Trinajstić information content (AvgIpc) is 3.27. The van der Waals surface area contributed by atoms with Gasteiger partial charge in [0, 0.05) is 36.3 Å². The summed E-state index contributed by atoms with van der Waals surface area (Å²) in [5, 5.41) is 4.13. The van der Waals surface area contributed by atoms with Crippen molar-refractivity contribution >= 4 is 22.4 Å². The highest BCUT2D eigenvalue weighted by atomic mass is 19.1. The van der Waals surface area contributed by atoms with Gasteiger partial charge in [-0.1, -0.05) is 12.1 Å². The number of benzene rings is 2. The van der Waals surface area contributed by atoms with Crippen LogP contribution >= 0.6 is 0 Å². The topological polar surface area (TPSA) is 80.0 Å². The van der Waals surface area contributed by atoms with Gasteiger partial charge in [0.2, 0.25) is 0 Å². The number of aromatic nitrogens is 3. The van der Waals surface area contributed by atoms with Crippen molar-refractivity contribution in [2.75, 3.05) is 30.8 Å².